The lowest BCUT2D eigenvalue weighted by atomic mass is 9.60. The van der Waals surface area contributed by atoms with Gasteiger partial charge in [-0.15, -0.1) is 0 Å². The van der Waals surface area contributed by atoms with Gasteiger partial charge in [0, 0.05) is 28.2 Å². The van der Waals surface area contributed by atoms with Crippen molar-refractivity contribution in [2.24, 2.45) is 5.92 Å². The molecule has 1 N–H and O–H groups in total. The summed E-state index contributed by atoms with van der Waals surface area (Å²) in [6, 6.07) is 1.69. The molecule has 0 radical (unpaired) electrons. The number of ether oxygens (including phenoxy) is 7. The molecule has 3 unspecified atom stereocenters. The highest BCUT2D eigenvalue weighted by atomic mass is 16.7. The van der Waals surface area contributed by atoms with Gasteiger partial charge in [-0.05, 0) is 52.3 Å². The molecule has 0 fully saturated rings. The van der Waals surface area contributed by atoms with Gasteiger partial charge in [0.2, 0.25) is 24.1 Å². The van der Waals surface area contributed by atoms with Gasteiger partial charge in [-0.1, -0.05) is 19.1 Å². The minimum Gasteiger partial charge on any atom is -0.496 e. The lowest BCUT2D eigenvalue weighted by Crippen LogP contribution is -2.57. The summed E-state index contributed by atoms with van der Waals surface area (Å²) in [4.78, 5) is 40.1. The fourth-order valence-electron chi connectivity index (χ4n) is 6.14. The summed E-state index contributed by atoms with van der Waals surface area (Å²) in [6.45, 7) is 9.57. The van der Waals surface area contributed by atoms with Crippen molar-refractivity contribution in [3.05, 3.63) is 63.7 Å². The highest BCUT2D eigenvalue weighted by Gasteiger charge is 2.64. The molecule has 0 aromatic heterocycles. The standard InChI is InChI=1S/C32H36O11/c1-9-15(3)29(34)42-23-17(5)31(6,36)27(43-30(35)16(4)10-2)19-12-20(33)24(37-7)28(38-8)32(19)13-39-26-22(32)18(23)11-21-25(26)41-14-40-21/h9-12,17,23,27,36H,13-14H2,1-8H3/t17?,23?,27?,31-,32-/m0/s1. The second-order valence-electron chi connectivity index (χ2n) is 11.2. The Kier molecular flexibility index (Phi) is 7.58. The van der Waals surface area contributed by atoms with Gasteiger partial charge >= 0.3 is 11.9 Å². The summed E-state index contributed by atoms with van der Waals surface area (Å²) in [6.07, 6.45) is 1.98. The minimum atomic E-state index is -1.90. The van der Waals surface area contributed by atoms with Crippen LogP contribution in [0.4, 0.5) is 0 Å². The summed E-state index contributed by atoms with van der Waals surface area (Å²) >= 11 is 0. The number of rotatable bonds is 6. The van der Waals surface area contributed by atoms with E-state index in [2.05, 4.69) is 0 Å². The average molecular weight is 597 g/mol. The van der Waals surface area contributed by atoms with Crippen LogP contribution in [0.1, 0.15) is 58.8 Å². The highest BCUT2D eigenvalue weighted by Crippen LogP contribution is 2.63. The molecule has 1 spiro atoms. The predicted octanol–water partition coefficient (Wildman–Crippen LogP) is 3.89. The maximum Gasteiger partial charge on any atom is 0.334 e. The first-order valence-corrected chi connectivity index (χ1v) is 14.0. The van der Waals surface area contributed by atoms with Crippen molar-refractivity contribution in [1.82, 2.24) is 0 Å². The number of allylic oxidation sites excluding steroid dienone is 3. The van der Waals surface area contributed by atoms with Crippen LogP contribution in [-0.4, -0.2) is 62.2 Å². The smallest absolute Gasteiger partial charge is 0.334 e. The molecule has 0 saturated heterocycles. The number of carbonyl (C=O) groups is 3. The Balaban J connectivity index is 1.91. The van der Waals surface area contributed by atoms with E-state index in [1.807, 2.05) is 0 Å². The Hall–Kier alpha value is -4.25. The number of methoxy groups -OCH3 is 2. The molecule has 1 aromatic rings. The van der Waals surface area contributed by atoms with Crippen molar-refractivity contribution in [3.8, 4) is 17.2 Å². The zero-order chi connectivity index (χ0) is 31.4. The molecule has 1 aromatic carbocycles. The van der Waals surface area contributed by atoms with Crippen LogP contribution in [0, 0.1) is 5.92 Å². The Morgan fingerprint density at radius 1 is 1.00 bits per heavy atom. The first kappa shape index (κ1) is 30.2. The lowest BCUT2D eigenvalue weighted by Gasteiger charge is -2.49. The minimum absolute atomic E-state index is 0.0721. The van der Waals surface area contributed by atoms with Gasteiger partial charge in [0.25, 0.3) is 0 Å². The molecule has 0 amide bonds. The number of carbonyl (C=O) groups excluding carboxylic acids is 3. The number of esters is 2. The van der Waals surface area contributed by atoms with Gasteiger partial charge in [0.1, 0.15) is 23.7 Å². The van der Waals surface area contributed by atoms with Crippen LogP contribution < -0.4 is 14.2 Å². The van der Waals surface area contributed by atoms with E-state index in [0.717, 1.165) is 0 Å². The second-order valence-corrected chi connectivity index (χ2v) is 11.2. The molecule has 11 heteroatoms. The van der Waals surface area contributed by atoms with E-state index in [-0.39, 0.29) is 30.5 Å². The van der Waals surface area contributed by atoms with Crippen LogP contribution in [0.3, 0.4) is 0 Å². The van der Waals surface area contributed by atoms with E-state index in [4.69, 9.17) is 33.2 Å². The summed E-state index contributed by atoms with van der Waals surface area (Å²) in [7, 11) is 2.74. The zero-order valence-corrected chi connectivity index (χ0v) is 25.5. The quantitative estimate of drug-likeness (QED) is 0.378. The van der Waals surface area contributed by atoms with Crippen molar-refractivity contribution in [3.63, 3.8) is 0 Å². The van der Waals surface area contributed by atoms with E-state index in [9.17, 15) is 19.5 Å². The summed E-state index contributed by atoms with van der Waals surface area (Å²) < 4.78 is 41.5. The Morgan fingerprint density at radius 2 is 1.65 bits per heavy atom. The average Bonchev–Trinajstić information content (AvgIpc) is 3.62. The Bertz CT molecular complexity index is 1530. The maximum atomic E-state index is 13.5. The molecule has 230 valence electrons. The molecule has 5 rings (SSSR count). The van der Waals surface area contributed by atoms with Crippen LogP contribution in [-0.2, 0) is 38.7 Å². The zero-order valence-electron chi connectivity index (χ0n) is 25.5. The van der Waals surface area contributed by atoms with Crippen LogP contribution in [0.2, 0.25) is 0 Å². The molecule has 5 atom stereocenters. The molecule has 43 heavy (non-hydrogen) atoms. The summed E-state index contributed by atoms with van der Waals surface area (Å²) in [5.41, 5.74) is -1.59. The SMILES string of the molecule is CC=C(C)C(=O)OC1c2cc3c(c4c2[C@]2(CO4)C(=CC(=O)C(OC)=C2OC)C(OC(=O)C(C)=CC)[C@@](C)(O)C1C)OCO3. The molecule has 0 saturated carbocycles. The molecule has 4 aliphatic rings. The van der Waals surface area contributed by atoms with Crippen molar-refractivity contribution in [2.45, 2.75) is 64.8 Å². The first-order chi connectivity index (χ1) is 20.4. The van der Waals surface area contributed by atoms with Crippen LogP contribution >= 0.6 is 0 Å². The molecule has 0 bridgehead atoms. The van der Waals surface area contributed by atoms with Gasteiger partial charge in [0.05, 0.1) is 14.2 Å². The summed E-state index contributed by atoms with van der Waals surface area (Å²) in [5, 5.41) is 12.4. The lowest BCUT2D eigenvalue weighted by molar-refractivity contribution is -0.176. The number of hydrogen-bond donors (Lipinski definition) is 1. The second kappa shape index (κ2) is 10.8. The van der Waals surface area contributed by atoms with Crippen LogP contribution in [0.15, 0.2) is 52.5 Å². The van der Waals surface area contributed by atoms with E-state index in [0.29, 0.717) is 39.5 Å². The van der Waals surface area contributed by atoms with Gasteiger partial charge in [0.15, 0.2) is 23.4 Å². The number of benzene rings is 1. The van der Waals surface area contributed by atoms with Gasteiger partial charge in [-0.3, -0.25) is 4.79 Å². The first-order valence-electron chi connectivity index (χ1n) is 14.0. The molecular formula is C32H36O11. The predicted molar refractivity (Wildman–Crippen MR) is 151 cm³/mol. The molecule has 2 aliphatic carbocycles. The van der Waals surface area contributed by atoms with Crippen molar-refractivity contribution in [2.75, 3.05) is 27.6 Å². The van der Waals surface area contributed by atoms with E-state index in [1.165, 1.54) is 27.2 Å². The van der Waals surface area contributed by atoms with Crippen LogP contribution in [0.25, 0.3) is 0 Å². The van der Waals surface area contributed by atoms with E-state index >= 15 is 0 Å². The third-order valence-corrected chi connectivity index (χ3v) is 8.98. The highest BCUT2D eigenvalue weighted by molar-refractivity contribution is 6.06. The largest absolute Gasteiger partial charge is 0.496 e. The van der Waals surface area contributed by atoms with E-state index < -0.39 is 46.9 Å². The fraction of sp³-hybridized carbons (Fsp3) is 0.469. The van der Waals surface area contributed by atoms with Crippen LogP contribution in [0.5, 0.6) is 17.2 Å². The monoisotopic (exact) mass is 596 g/mol. The van der Waals surface area contributed by atoms with Crippen molar-refractivity contribution >= 4 is 17.7 Å². The Morgan fingerprint density at radius 3 is 2.26 bits per heavy atom. The fourth-order valence-corrected chi connectivity index (χ4v) is 6.14. The van der Waals surface area contributed by atoms with Crippen molar-refractivity contribution < 1.29 is 52.6 Å². The number of fused-ring (bicyclic) bond motifs is 2. The third-order valence-electron chi connectivity index (χ3n) is 8.98. The normalized spacial score (nSPS) is 29.5. The topological polar surface area (TPSA) is 136 Å². The maximum absolute atomic E-state index is 13.5. The summed E-state index contributed by atoms with van der Waals surface area (Å²) in [5.74, 6) is -1.78. The van der Waals surface area contributed by atoms with E-state index in [1.54, 1.807) is 52.8 Å². The van der Waals surface area contributed by atoms with Crippen molar-refractivity contribution in [1.29, 1.82) is 0 Å². The third kappa shape index (κ3) is 4.31. The van der Waals surface area contributed by atoms with Gasteiger partial charge in [-0.25, -0.2) is 9.59 Å². The number of hydrogen-bond acceptors (Lipinski definition) is 11. The number of ketones is 1. The van der Waals surface area contributed by atoms with Gasteiger partial charge in [-0.2, -0.15) is 0 Å². The Labute approximate surface area is 249 Å². The molecule has 11 nitrogen and oxygen atoms in total. The molecular weight excluding hydrogens is 560 g/mol. The van der Waals surface area contributed by atoms with Gasteiger partial charge < -0.3 is 38.3 Å². The molecule has 2 aliphatic heterocycles. The molecule has 2 heterocycles. The number of aliphatic hydroxyl groups is 1.